The second-order valence-electron chi connectivity index (χ2n) is 4.59. The van der Waals surface area contributed by atoms with Crippen molar-refractivity contribution in [3.8, 4) is 0 Å². The maximum absolute atomic E-state index is 11.6. The van der Waals surface area contributed by atoms with Gasteiger partial charge in [-0.15, -0.1) is 0 Å². The molecule has 17 heavy (non-hydrogen) atoms. The van der Waals surface area contributed by atoms with Gasteiger partial charge in [-0.05, 0) is 17.9 Å². The van der Waals surface area contributed by atoms with Crippen molar-refractivity contribution in [2.45, 2.75) is 26.3 Å². The molecule has 0 spiro atoms. The molecule has 94 valence electrons. The molecule has 1 aromatic rings. The van der Waals surface area contributed by atoms with Gasteiger partial charge >= 0.3 is 0 Å². The summed E-state index contributed by atoms with van der Waals surface area (Å²) in [7, 11) is 1.53. The van der Waals surface area contributed by atoms with Gasteiger partial charge in [-0.1, -0.05) is 44.2 Å². The Labute approximate surface area is 103 Å². The van der Waals surface area contributed by atoms with Crippen LogP contribution in [0.1, 0.15) is 31.9 Å². The van der Waals surface area contributed by atoms with Gasteiger partial charge in [0.1, 0.15) is 6.61 Å². The topological polar surface area (TPSA) is 38.3 Å². The molecule has 1 aromatic carbocycles. The SMILES string of the molecule is COCC(=O)N[C@@H](CC(C)C)c1ccccc1. The van der Waals surface area contributed by atoms with Crippen LogP contribution in [0.3, 0.4) is 0 Å². The summed E-state index contributed by atoms with van der Waals surface area (Å²) in [6, 6.07) is 10.1. The second-order valence-corrected chi connectivity index (χ2v) is 4.59. The molecule has 0 aromatic heterocycles. The van der Waals surface area contributed by atoms with Crippen LogP contribution < -0.4 is 5.32 Å². The molecule has 0 saturated carbocycles. The van der Waals surface area contributed by atoms with E-state index < -0.39 is 0 Å². The zero-order valence-electron chi connectivity index (χ0n) is 10.8. The predicted molar refractivity (Wildman–Crippen MR) is 68.7 cm³/mol. The van der Waals surface area contributed by atoms with E-state index in [1.807, 2.05) is 30.3 Å². The number of nitrogens with one attached hydrogen (secondary N) is 1. The average Bonchev–Trinajstić information content (AvgIpc) is 2.29. The zero-order chi connectivity index (χ0) is 12.7. The molecule has 3 nitrogen and oxygen atoms in total. The molecule has 1 amide bonds. The van der Waals surface area contributed by atoms with Gasteiger partial charge in [-0.3, -0.25) is 4.79 Å². The van der Waals surface area contributed by atoms with Crippen molar-refractivity contribution in [3.63, 3.8) is 0 Å². The van der Waals surface area contributed by atoms with Crippen molar-refractivity contribution in [1.29, 1.82) is 0 Å². The van der Waals surface area contributed by atoms with Crippen LogP contribution in [-0.2, 0) is 9.53 Å². The van der Waals surface area contributed by atoms with Crippen LogP contribution in [0.15, 0.2) is 30.3 Å². The minimum atomic E-state index is -0.0676. The molecule has 0 unspecified atom stereocenters. The van der Waals surface area contributed by atoms with Crippen LogP contribution in [0.2, 0.25) is 0 Å². The first-order chi connectivity index (χ1) is 8.13. The van der Waals surface area contributed by atoms with Crippen molar-refractivity contribution in [1.82, 2.24) is 5.32 Å². The first-order valence-corrected chi connectivity index (χ1v) is 5.96. The number of methoxy groups -OCH3 is 1. The van der Waals surface area contributed by atoms with E-state index in [0.29, 0.717) is 5.92 Å². The Balaban J connectivity index is 2.70. The van der Waals surface area contributed by atoms with Gasteiger partial charge < -0.3 is 10.1 Å². The molecular weight excluding hydrogens is 214 g/mol. The molecular formula is C14H21NO2. The molecule has 0 bridgehead atoms. The number of benzene rings is 1. The molecule has 0 aliphatic rings. The lowest BCUT2D eigenvalue weighted by Gasteiger charge is -2.21. The van der Waals surface area contributed by atoms with Crippen LogP contribution in [0, 0.1) is 5.92 Å². The van der Waals surface area contributed by atoms with Gasteiger partial charge in [0, 0.05) is 7.11 Å². The minimum Gasteiger partial charge on any atom is -0.375 e. The van der Waals surface area contributed by atoms with E-state index in [2.05, 4.69) is 19.2 Å². The number of amides is 1. The predicted octanol–water partition coefficient (Wildman–Crippen LogP) is 2.54. The van der Waals surface area contributed by atoms with Gasteiger partial charge in [0.25, 0.3) is 0 Å². The van der Waals surface area contributed by atoms with E-state index in [4.69, 9.17) is 4.74 Å². The van der Waals surface area contributed by atoms with Crippen molar-refractivity contribution in [3.05, 3.63) is 35.9 Å². The third-order valence-electron chi connectivity index (χ3n) is 2.52. The van der Waals surface area contributed by atoms with E-state index in [0.717, 1.165) is 12.0 Å². The number of ether oxygens (including phenoxy) is 1. The molecule has 0 aliphatic heterocycles. The monoisotopic (exact) mass is 235 g/mol. The van der Waals surface area contributed by atoms with Crippen molar-refractivity contribution in [2.24, 2.45) is 5.92 Å². The van der Waals surface area contributed by atoms with Crippen molar-refractivity contribution >= 4 is 5.91 Å². The summed E-state index contributed by atoms with van der Waals surface area (Å²) in [5.74, 6) is 0.463. The maximum atomic E-state index is 11.6. The second kappa shape index (κ2) is 7.07. The highest BCUT2D eigenvalue weighted by Crippen LogP contribution is 2.20. The molecule has 1 atom stereocenters. The first-order valence-electron chi connectivity index (χ1n) is 5.96. The van der Waals surface area contributed by atoms with Gasteiger partial charge in [0.2, 0.25) is 5.91 Å². The third-order valence-corrected chi connectivity index (χ3v) is 2.52. The van der Waals surface area contributed by atoms with Crippen molar-refractivity contribution in [2.75, 3.05) is 13.7 Å². The summed E-state index contributed by atoms with van der Waals surface area (Å²) < 4.78 is 4.83. The number of hydrogen-bond donors (Lipinski definition) is 1. The van der Waals surface area contributed by atoms with Crippen LogP contribution in [0.4, 0.5) is 0 Å². The molecule has 0 radical (unpaired) electrons. The Kier molecular flexibility index (Phi) is 5.70. The van der Waals surface area contributed by atoms with E-state index >= 15 is 0 Å². The Bertz CT molecular complexity index is 335. The number of rotatable bonds is 6. The third kappa shape index (κ3) is 5.00. The highest BCUT2D eigenvalue weighted by Gasteiger charge is 2.15. The van der Waals surface area contributed by atoms with Crippen LogP contribution in [0.5, 0.6) is 0 Å². The fraction of sp³-hybridized carbons (Fsp3) is 0.500. The standard InChI is InChI=1S/C14H21NO2/c1-11(2)9-13(15-14(16)10-17-3)12-7-5-4-6-8-12/h4-8,11,13H,9-10H2,1-3H3,(H,15,16)/t13-/m0/s1. The van der Waals surface area contributed by atoms with E-state index in [1.165, 1.54) is 7.11 Å². The number of carbonyl (C=O) groups is 1. The maximum Gasteiger partial charge on any atom is 0.246 e. The molecule has 0 heterocycles. The summed E-state index contributed by atoms with van der Waals surface area (Å²) in [6.07, 6.45) is 0.930. The van der Waals surface area contributed by atoms with E-state index in [9.17, 15) is 4.79 Å². The van der Waals surface area contributed by atoms with Gasteiger partial charge in [-0.25, -0.2) is 0 Å². The average molecular weight is 235 g/mol. The summed E-state index contributed by atoms with van der Waals surface area (Å²) in [5.41, 5.74) is 1.14. The first kappa shape index (κ1) is 13.7. The number of hydrogen-bond acceptors (Lipinski definition) is 2. The number of carbonyl (C=O) groups excluding carboxylic acids is 1. The normalized spacial score (nSPS) is 12.5. The molecule has 0 aliphatic carbocycles. The van der Waals surface area contributed by atoms with Crippen molar-refractivity contribution < 1.29 is 9.53 Å². The van der Waals surface area contributed by atoms with Crippen LogP contribution >= 0.6 is 0 Å². The summed E-state index contributed by atoms with van der Waals surface area (Å²) >= 11 is 0. The molecule has 3 heteroatoms. The lowest BCUT2D eigenvalue weighted by Crippen LogP contribution is -2.32. The Morgan fingerprint density at radius 1 is 1.29 bits per heavy atom. The van der Waals surface area contributed by atoms with Gasteiger partial charge in [0.05, 0.1) is 6.04 Å². The van der Waals surface area contributed by atoms with Gasteiger partial charge in [0.15, 0.2) is 0 Å². The minimum absolute atomic E-state index is 0.0676. The quantitative estimate of drug-likeness (QED) is 0.823. The fourth-order valence-corrected chi connectivity index (χ4v) is 1.80. The Morgan fingerprint density at radius 2 is 1.94 bits per heavy atom. The Hall–Kier alpha value is -1.35. The summed E-state index contributed by atoms with van der Waals surface area (Å²) in [6.45, 7) is 4.41. The van der Waals surface area contributed by atoms with E-state index in [-0.39, 0.29) is 18.6 Å². The molecule has 1 rings (SSSR count). The highest BCUT2D eigenvalue weighted by atomic mass is 16.5. The fourth-order valence-electron chi connectivity index (χ4n) is 1.80. The van der Waals surface area contributed by atoms with Crippen LogP contribution in [-0.4, -0.2) is 19.6 Å². The highest BCUT2D eigenvalue weighted by molar-refractivity contribution is 5.77. The summed E-state index contributed by atoms with van der Waals surface area (Å²) in [5, 5.41) is 3.00. The Morgan fingerprint density at radius 3 is 2.47 bits per heavy atom. The van der Waals surface area contributed by atoms with E-state index in [1.54, 1.807) is 0 Å². The molecule has 0 fully saturated rings. The molecule has 0 saturated heterocycles. The lowest BCUT2D eigenvalue weighted by molar-refractivity contribution is -0.125. The van der Waals surface area contributed by atoms with Crippen LogP contribution in [0.25, 0.3) is 0 Å². The van der Waals surface area contributed by atoms with Gasteiger partial charge in [-0.2, -0.15) is 0 Å². The smallest absolute Gasteiger partial charge is 0.246 e. The zero-order valence-corrected chi connectivity index (χ0v) is 10.8. The molecule has 1 N–H and O–H groups in total. The largest absolute Gasteiger partial charge is 0.375 e. The lowest BCUT2D eigenvalue weighted by atomic mass is 9.97. The summed E-state index contributed by atoms with van der Waals surface area (Å²) in [4.78, 5) is 11.6.